The Balaban J connectivity index is 2.37. The molecule has 1 unspecified atom stereocenters. The lowest BCUT2D eigenvalue weighted by Crippen LogP contribution is -2.13. The van der Waals surface area contributed by atoms with E-state index in [1.807, 2.05) is 31.2 Å². The highest BCUT2D eigenvalue weighted by atomic mass is 16.5. The zero-order valence-electron chi connectivity index (χ0n) is 11.2. The van der Waals surface area contributed by atoms with E-state index in [1.165, 1.54) is 0 Å². The van der Waals surface area contributed by atoms with Crippen molar-refractivity contribution in [2.75, 3.05) is 7.11 Å². The summed E-state index contributed by atoms with van der Waals surface area (Å²) in [6.45, 7) is 2.00. The zero-order chi connectivity index (χ0) is 13.4. The molecule has 1 aromatic carbocycles. The molecule has 0 aliphatic rings. The summed E-state index contributed by atoms with van der Waals surface area (Å²) < 4.78 is 5.13. The predicted molar refractivity (Wildman–Crippen MR) is 71.9 cm³/mol. The van der Waals surface area contributed by atoms with Gasteiger partial charge in [0.1, 0.15) is 11.5 Å². The van der Waals surface area contributed by atoms with E-state index in [1.54, 1.807) is 7.11 Å². The molecule has 0 saturated heterocycles. The summed E-state index contributed by atoms with van der Waals surface area (Å²) in [7, 11) is 1.63. The van der Waals surface area contributed by atoms with Crippen LogP contribution in [0.25, 0.3) is 0 Å². The topological polar surface area (TPSA) is 46.5 Å². The summed E-state index contributed by atoms with van der Waals surface area (Å²) >= 11 is 0. The molecule has 18 heavy (non-hydrogen) atoms. The van der Waals surface area contributed by atoms with Crippen molar-refractivity contribution in [3.05, 3.63) is 29.8 Å². The highest BCUT2D eigenvalue weighted by Crippen LogP contribution is 2.14. The lowest BCUT2D eigenvalue weighted by Gasteiger charge is -2.08. The van der Waals surface area contributed by atoms with E-state index in [2.05, 4.69) is 0 Å². The van der Waals surface area contributed by atoms with Gasteiger partial charge in [0, 0.05) is 12.8 Å². The molecule has 0 amide bonds. The average molecular weight is 250 g/mol. The third kappa shape index (κ3) is 5.32. The first-order valence-corrected chi connectivity index (χ1v) is 6.48. The van der Waals surface area contributed by atoms with Crippen LogP contribution < -0.4 is 4.74 Å². The average Bonchev–Trinajstić information content (AvgIpc) is 2.37. The Labute approximate surface area is 109 Å². The number of aliphatic hydroxyl groups excluding tert-OH is 1. The minimum Gasteiger partial charge on any atom is -0.497 e. The van der Waals surface area contributed by atoms with Gasteiger partial charge in [-0.05, 0) is 30.5 Å². The number of methoxy groups -OCH3 is 1. The largest absolute Gasteiger partial charge is 0.497 e. The van der Waals surface area contributed by atoms with Crippen LogP contribution in [0.4, 0.5) is 0 Å². The van der Waals surface area contributed by atoms with Crippen LogP contribution in [-0.2, 0) is 11.2 Å². The number of carbonyl (C=O) groups is 1. The maximum atomic E-state index is 11.7. The highest BCUT2D eigenvalue weighted by molar-refractivity contribution is 5.79. The summed E-state index contributed by atoms with van der Waals surface area (Å²) in [5.74, 6) is 0.935. The van der Waals surface area contributed by atoms with Gasteiger partial charge in [-0.1, -0.05) is 25.5 Å². The lowest BCUT2D eigenvalue weighted by atomic mass is 10.0. The summed E-state index contributed by atoms with van der Waals surface area (Å²) in [6, 6.07) is 7.73. The van der Waals surface area contributed by atoms with Crippen molar-refractivity contribution < 1.29 is 14.6 Å². The molecule has 1 N–H and O–H groups in total. The Morgan fingerprint density at radius 3 is 2.89 bits per heavy atom. The second kappa shape index (κ2) is 7.88. The van der Waals surface area contributed by atoms with E-state index in [0.29, 0.717) is 19.3 Å². The molecule has 0 aliphatic heterocycles. The van der Waals surface area contributed by atoms with Crippen LogP contribution in [0.3, 0.4) is 0 Å². The fourth-order valence-corrected chi connectivity index (χ4v) is 1.91. The number of carbonyl (C=O) groups excluding carboxylic acids is 1. The number of benzene rings is 1. The number of ether oxygens (including phenoxy) is 1. The third-order valence-corrected chi connectivity index (χ3v) is 2.91. The van der Waals surface area contributed by atoms with Crippen LogP contribution in [0, 0.1) is 0 Å². The van der Waals surface area contributed by atoms with Crippen LogP contribution in [0.1, 0.15) is 38.2 Å². The molecular formula is C15H22O3. The fourth-order valence-electron chi connectivity index (χ4n) is 1.91. The van der Waals surface area contributed by atoms with Crippen LogP contribution in [0.15, 0.2) is 24.3 Å². The Morgan fingerprint density at radius 2 is 2.22 bits per heavy atom. The second-order valence-corrected chi connectivity index (χ2v) is 4.54. The zero-order valence-corrected chi connectivity index (χ0v) is 11.2. The lowest BCUT2D eigenvalue weighted by molar-refractivity contribution is -0.121. The Bertz CT molecular complexity index is 374. The van der Waals surface area contributed by atoms with Gasteiger partial charge in [-0.3, -0.25) is 4.79 Å². The summed E-state index contributed by atoms with van der Waals surface area (Å²) in [5.41, 5.74) is 1.09. The molecule has 0 heterocycles. The summed E-state index contributed by atoms with van der Waals surface area (Å²) in [6.07, 6.45) is 2.59. The quantitative estimate of drug-likeness (QED) is 0.771. The smallest absolute Gasteiger partial charge is 0.135 e. The number of ketones is 1. The molecule has 0 aromatic heterocycles. The van der Waals surface area contributed by atoms with Crippen molar-refractivity contribution in [1.82, 2.24) is 0 Å². The molecule has 0 bridgehead atoms. The normalized spacial score (nSPS) is 12.2. The Morgan fingerprint density at radius 1 is 1.44 bits per heavy atom. The number of rotatable bonds is 8. The van der Waals surface area contributed by atoms with Gasteiger partial charge < -0.3 is 9.84 Å². The number of hydrogen-bond acceptors (Lipinski definition) is 3. The third-order valence-electron chi connectivity index (χ3n) is 2.91. The maximum Gasteiger partial charge on any atom is 0.135 e. The molecule has 1 aromatic rings. The SMILES string of the molecule is CCCC(O)CC(=O)CCc1cccc(OC)c1. The Kier molecular flexibility index (Phi) is 6.44. The minimum atomic E-state index is -0.479. The van der Waals surface area contributed by atoms with Gasteiger partial charge in [0.15, 0.2) is 0 Å². The van der Waals surface area contributed by atoms with Crippen LogP contribution >= 0.6 is 0 Å². The molecule has 100 valence electrons. The molecule has 1 atom stereocenters. The number of aliphatic hydroxyl groups is 1. The van der Waals surface area contributed by atoms with Crippen LogP contribution in [-0.4, -0.2) is 24.1 Å². The monoisotopic (exact) mass is 250 g/mol. The molecule has 3 heteroatoms. The molecule has 3 nitrogen and oxygen atoms in total. The van der Waals surface area contributed by atoms with Crippen molar-refractivity contribution in [3.8, 4) is 5.75 Å². The van der Waals surface area contributed by atoms with Gasteiger partial charge in [0.2, 0.25) is 0 Å². The van der Waals surface area contributed by atoms with Gasteiger partial charge >= 0.3 is 0 Å². The molecule has 0 spiro atoms. The number of Topliss-reactive ketones (excluding diaryl/α,β-unsaturated/α-hetero) is 1. The number of aryl methyl sites for hydroxylation is 1. The molecule has 0 saturated carbocycles. The standard InChI is InChI=1S/C15H22O3/c1-3-5-13(16)11-14(17)9-8-12-6-4-7-15(10-12)18-2/h4,6-7,10,13,16H,3,5,8-9,11H2,1-2H3. The van der Waals surface area contributed by atoms with Crippen LogP contribution in [0.2, 0.25) is 0 Å². The molecule has 1 rings (SSSR count). The van der Waals surface area contributed by atoms with Crippen molar-refractivity contribution >= 4 is 5.78 Å². The van der Waals surface area contributed by atoms with E-state index >= 15 is 0 Å². The summed E-state index contributed by atoms with van der Waals surface area (Å²) in [5, 5.41) is 9.56. The first kappa shape index (κ1) is 14.7. The van der Waals surface area contributed by atoms with Crippen molar-refractivity contribution in [2.45, 2.75) is 45.1 Å². The minimum absolute atomic E-state index is 0.124. The molecular weight excluding hydrogens is 228 g/mol. The summed E-state index contributed by atoms with van der Waals surface area (Å²) in [4.78, 5) is 11.7. The second-order valence-electron chi connectivity index (χ2n) is 4.54. The van der Waals surface area contributed by atoms with Gasteiger partial charge in [0.05, 0.1) is 13.2 Å². The van der Waals surface area contributed by atoms with E-state index in [9.17, 15) is 9.90 Å². The van der Waals surface area contributed by atoms with E-state index in [4.69, 9.17) is 4.74 Å². The molecule has 0 radical (unpaired) electrons. The maximum absolute atomic E-state index is 11.7. The predicted octanol–water partition coefficient (Wildman–Crippen LogP) is 2.75. The van der Waals surface area contributed by atoms with E-state index < -0.39 is 6.10 Å². The van der Waals surface area contributed by atoms with Crippen molar-refractivity contribution in [2.24, 2.45) is 0 Å². The Hall–Kier alpha value is -1.35. The first-order valence-electron chi connectivity index (χ1n) is 6.48. The van der Waals surface area contributed by atoms with Crippen molar-refractivity contribution in [3.63, 3.8) is 0 Å². The van der Waals surface area contributed by atoms with E-state index in [0.717, 1.165) is 17.7 Å². The van der Waals surface area contributed by atoms with Gasteiger partial charge in [0.25, 0.3) is 0 Å². The van der Waals surface area contributed by atoms with Gasteiger partial charge in [-0.15, -0.1) is 0 Å². The van der Waals surface area contributed by atoms with Gasteiger partial charge in [-0.25, -0.2) is 0 Å². The molecule has 0 aliphatic carbocycles. The first-order chi connectivity index (χ1) is 8.65. The highest BCUT2D eigenvalue weighted by Gasteiger charge is 2.10. The van der Waals surface area contributed by atoms with Crippen LogP contribution in [0.5, 0.6) is 5.75 Å². The van der Waals surface area contributed by atoms with Gasteiger partial charge in [-0.2, -0.15) is 0 Å². The fraction of sp³-hybridized carbons (Fsp3) is 0.533. The van der Waals surface area contributed by atoms with Crippen molar-refractivity contribution in [1.29, 1.82) is 0 Å². The number of hydrogen-bond donors (Lipinski definition) is 1. The van der Waals surface area contributed by atoms with E-state index in [-0.39, 0.29) is 12.2 Å². The molecule has 0 fully saturated rings.